The van der Waals surface area contributed by atoms with E-state index in [0.717, 1.165) is 35.7 Å². The molecule has 2 unspecified atom stereocenters. The highest BCUT2D eigenvalue weighted by Crippen LogP contribution is 2.39. The Balaban J connectivity index is 1.30. The third-order valence-electron chi connectivity index (χ3n) is 6.79. The van der Waals surface area contributed by atoms with Crippen LogP contribution in [0.5, 0.6) is 5.75 Å². The fraction of sp³-hybridized carbons (Fsp3) is 0.233. The molecule has 0 amide bonds. The number of nitrogens with zero attached hydrogens (tertiary/aromatic N) is 1. The molecule has 0 radical (unpaired) electrons. The molecule has 5 rings (SSSR count). The van der Waals surface area contributed by atoms with Crippen molar-refractivity contribution < 1.29 is 14.6 Å². The summed E-state index contributed by atoms with van der Waals surface area (Å²) in [5, 5.41) is 15.6. The molecule has 2 atom stereocenters. The molecule has 2 N–H and O–H groups in total. The smallest absolute Gasteiger partial charge is 0.335 e. The zero-order valence-corrected chi connectivity index (χ0v) is 20.1. The van der Waals surface area contributed by atoms with Gasteiger partial charge < -0.3 is 20.1 Å². The van der Waals surface area contributed by atoms with Gasteiger partial charge in [-0.25, -0.2) is 4.79 Å². The van der Waals surface area contributed by atoms with Crippen LogP contribution >= 0.6 is 0 Å². The van der Waals surface area contributed by atoms with Crippen LogP contribution in [0.25, 0.3) is 10.8 Å². The molecule has 1 heterocycles. The van der Waals surface area contributed by atoms with Crippen LogP contribution in [0.4, 0.5) is 11.4 Å². The molecular formula is C30H30N2O3. The van der Waals surface area contributed by atoms with Crippen molar-refractivity contribution in [2.75, 3.05) is 18.0 Å². The van der Waals surface area contributed by atoms with Crippen LogP contribution in [0.2, 0.25) is 0 Å². The van der Waals surface area contributed by atoms with Gasteiger partial charge in [0.2, 0.25) is 0 Å². The molecule has 0 fully saturated rings. The van der Waals surface area contributed by atoms with Crippen LogP contribution in [0, 0.1) is 6.92 Å². The predicted molar refractivity (Wildman–Crippen MR) is 141 cm³/mol. The first kappa shape index (κ1) is 22.9. The van der Waals surface area contributed by atoms with Gasteiger partial charge in [0, 0.05) is 11.7 Å². The number of rotatable bonds is 7. The molecular weight excluding hydrogens is 436 g/mol. The molecule has 4 aromatic carbocycles. The van der Waals surface area contributed by atoms with Gasteiger partial charge in [0.1, 0.15) is 11.9 Å². The Kier molecular flexibility index (Phi) is 6.43. The van der Waals surface area contributed by atoms with E-state index in [0.29, 0.717) is 12.1 Å². The van der Waals surface area contributed by atoms with E-state index in [1.807, 2.05) is 43.3 Å². The summed E-state index contributed by atoms with van der Waals surface area (Å²) in [5.74, 6) is -0.0495. The number of hydrogen-bond donors (Lipinski definition) is 2. The van der Waals surface area contributed by atoms with Crippen LogP contribution in [0.1, 0.15) is 40.9 Å². The first-order valence-electron chi connectivity index (χ1n) is 12.1. The van der Waals surface area contributed by atoms with Crippen molar-refractivity contribution in [1.29, 1.82) is 0 Å². The zero-order valence-electron chi connectivity index (χ0n) is 20.1. The first-order valence-corrected chi connectivity index (χ1v) is 12.1. The topological polar surface area (TPSA) is 61.8 Å². The SMILES string of the molecule is Cc1cc(N2CC(CCNC(C)c3cccc4ccccc34)Oc3ccccc32)ccc1C(=O)O. The Morgan fingerprint density at radius 3 is 2.66 bits per heavy atom. The van der Waals surface area contributed by atoms with Gasteiger partial charge in [-0.1, -0.05) is 54.6 Å². The summed E-state index contributed by atoms with van der Waals surface area (Å²) < 4.78 is 6.36. The molecule has 35 heavy (non-hydrogen) atoms. The summed E-state index contributed by atoms with van der Waals surface area (Å²) in [4.78, 5) is 13.7. The number of ether oxygens (including phenoxy) is 1. The number of carbonyl (C=O) groups is 1. The third-order valence-corrected chi connectivity index (χ3v) is 6.79. The number of carboxylic acids is 1. The van der Waals surface area contributed by atoms with E-state index in [1.54, 1.807) is 6.07 Å². The number of hydrogen-bond acceptors (Lipinski definition) is 4. The summed E-state index contributed by atoms with van der Waals surface area (Å²) >= 11 is 0. The van der Waals surface area contributed by atoms with E-state index in [2.05, 4.69) is 59.6 Å². The van der Waals surface area contributed by atoms with Crippen molar-refractivity contribution >= 4 is 28.1 Å². The minimum absolute atomic E-state index is 0.0107. The van der Waals surface area contributed by atoms with Crippen LogP contribution in [-0.2, 0) is 0 Å². The molecule has 1 aliphatic rings. The fourth-order valence-electron chi connectivity index (χ4n) is 4.95. The van der Waals surface area contributed by atoms with Crippen LogP contribution in [-0.4, -0.2) is 30.3 Å². The van der Waals surface area contributed by atoms with E-state index in [9.17, 15) is 9.90 Å². The van der Waals surface area contributed by atoms with E-state index < -0.39 is 5.97 Å². The Morgan fingerprint density at radius 1 is 1.06 bits per heavy atom. The van der Waals surface area contributed by atoms with E-state index in [4.69, 9.17) is 4.74 Å². The lowest BCUT2D eigenvalue weighted by atomic mass is 9.99. The third kappa shape index (κ3) is 4.73. The van der Waals surface area contributed by atoms with E-state index in [-0.39, 0.29) is 12.1 Å². The quantitative estimate of drug-likeness (QED) is 0.326. The lowest BCUT2D eigenvalue weighted by Crippen LogP contribution is -2.39. The first-order chi connectivity index (χ1) is 17.0. The Bertz CT molecular complexity index is 1360. The number of nitrogens with one attached hydrogen (secondary N) is 1. The van der Waals surface area contributed by atoms with Gasteiger partial charge in [0.05, 0.1) is 17.8 Å². The van der Waals surface area contributed by atoms with Gasteiger partial charge in [-0.15, -0.1) is 0 Å². The van der Waals surface area contributed by atoms with Gasteiger partial charge in [0.15, 0.2) is 0 Å². The van der Waals surface area contributed by atoms with Gasteiger partial charge in [0.25, 0.3) is 0 Å². The lowest BCUT2D eigenvalue weighted by molar-refractivity contribution is 0.0696. The maximum Gasteiger partial charge on any atom is 0.335 e. The monoisotopic (exact) mass is 466 g/mol. The molecule has 4 aromatic rings. The molecule has 0 aliphatic carbocycles. The zero-order chi connectivity index (χ0) is 24.4. The van der Waals surface area contributed by atoms with Crippen molar-refractivity contribution in [2.45, 2.75) is 32.4 Å². The standard InChI is InChI=1S/C30H30N2O3/c1-20-18-23(14-15-25(20)30(33)34)32-19-24(35-29-13-6-5-12-28(29)32)16-17-31-21(2)26-11-7-9-22-8-3-4-10-27(22)26/h3-15,18,21,24,31H,16-17,19H2,1-2H3,(H,33,34). The summed E-state index contributed by atoms with van der Waals surface area (Å²) in [6.45, 7) is 5.57. The number of benzene rings is 4. The molecule has 0 bridgehead atoms. The maximum absolute atomic E-state index is 11.5. The van der Waals surface area contributed by atoms with Crippen LogP contribution < -0.4 is 15.0 Å². The minimum atomic E-state index is -0.902. The second-order valence-electron chi connectivity index (χ2n) is 9.16. The van der Waals surface area contributed by atoms with Crippen LogP contribution in [0.3, 0.4) is 0 Å². The van der Waals surface area contributed by atoms with Gasteiger partial charge in [-0.2, -0.15) is 0 Å². The maximum atomic E-state index is 11.5. The Labute approximate surface area is 206 Å². The average Bonchev–Trinajstić information content (AvgIpc) is 2.87. The Hall–Kier alpha value is -3.83. The van der Waals surface area contributed by atoms with Crippen molar-refractivity contribution in [1.82, 2.24) is 5.32 Å². The van der Waals surface area contributed by atoms with Gasteiger partial charge in [-0.05, 0) is 79.0 Å². The number of fused-ring (bicyclic) bond motifs is 2. The van der Waals surface area contributed by atoms with Crippen molar-refractivity contribution in [3.8, 4) is 5.75 Å². The highest BCUT2D eigenvalue weighted by Gasteiger charge is 2.27. The highest BCUT2D eigenvalue weighted by molar-refractivity contribution is 5.90. The minimum Gasteiger partial charge on any atom is -0.486 e. The normalized spacial score (nSPS) is 15.9. The predicted octanol–water partition coefficient (Wildman–Crippen LogP) is 6.49. The van der Waals surface area contributed by atoms with Gasteiger partial charge >= 0.3 is 5.97 Å². The molecule has 0 spiro atoms. The average molecular weight is 467 g/mol. The number of para-hydroxylation sites is 2. The largest absolute Gasteiger partial charge is 0.486 e. The lowest BCUT2D eigenvalue weighted by Gasteiger charge is -2.36. The second-order valence-corrected chi connectivity index (χ2v) is 9.16. The van der Waals surface area contributed by atoms with Gasteiger partial charge in [-0.3, -0.25) is 0 Å². The van der Waals surface area contributed by atoms with Crippen molar-refractivity contribution in [3.05, 3.63) is 102 Å². The number of aromatic carboxylic acids is 1. The summed E-state index contributed by atoms with van der Waals surface area (Å²) in [6, 6.07) is 28.7. The van der Waals surface area contributed by atoms with Crippen LogP contribution in [0.15, 0.2) is 84.9 Å². The molecule has 1 aliphatic heterocycles. The summed E-state index contributed by atoms with van der Waals surface area (Å²) in [7, 11) is 0. The fourth-order valence-corrected chi connectivity index (χ4v) is 4.95. The molecule has 5 nitrogen and oxygen atoms in total. The number of carboxylic acid groups (broad SMARTS) is 1. The molecule has 0 aromatic heterocycles. The Morgan fingerprint density at radius 2 is 1.83 bits per heavy atom. The molecule has 0 saturated heterocycles. The summed E-state index contributed by atoms with van der Waals surface area (Å²) in [5.41, 5.74) is 4.36. The van der Waals surface area contributed by atoms with Crippen molar-refractivity contribution in [2.24, 2.45) is 0 Å². The summed E-state index contributed by atoms with van der Waals surface area (Å²) in [6.07, 6.45) is 0.864. The number of aryl methyl sites for hydroxylation is 1. The van der Waals surface area contributed by atoms with Crippen molar-refractivity contribution in [3.63, 3.8) is 0 Å². The highest BCUT2D eigenvalue weighted by atomic mass is 16.5. The number of anilines is 2. The molecule has 178 valence electrons. The van der Waals surface area contributed by atoms with E-state index in [1.165, 1.54) is 16.3 Å². The molecule has 5 heteroatoms. The molecule has 0 saturated carbocycles. The second kappa shape index (κ2) is 9.80. The van der Waals surface area contributed by atoms with E-state index >= 15 is 0 Å².